The first-order chi connectivity index (χ1) is 11.8. The van der Waals surface area contributed by atoms with Crippen molar-refractivity contribution < 1.29 is 0 Å². The Kier molecular flexibility index (Phi) is 13.3. The average Bonchev–Trinajstić information content (AvgIpc) is 2.59. The van der Waals surface area contributed by atoms with Gasteiger partial charge in [0.05, 0.1) is 0 Å². The molecule has 0 amide bonds. The topological polar surface area (TPSA) is 12.0 Å². The second kappa shape index (κ2) is 15.3. The molecule has 0 spiro atoms. The van der Waals surface area contributed by atoms with Gasteiger partial charge in [0.25, 0.3) is 0 Å². The lowest BCUT2D eigenvalue weighted by Crippen LogP contribution is -2.07. The number of nitrogens with one attached hydrogen (secondary N) is 1. The molecule has 0 saturated heterocycles. The van der Waals surface area contributed by atoms with Crippen molar-refractivity contribution in [3.8, 4) is 0 Å². The summed E-state index contributed by atoms with van der Waals surface area (Å²) in [6.45, 7) is 5.40. The highest BCUT2D eigenvalue weighted by atomic mass is 14.8. The van der Waals surface area contributed by atoms with Crippen LogP contribution in [0.15, 0.2) is 42.1 Å². The zero-order chi connectivity index (χ0) is 17.3. The highest BCUT2D eigenvalue weighted by molar-refractivity contribution is 5.14. The number of benzene rings is 1. The van der Waals surface area contributed by atoms with E-state index >= 15 is 0 Å². The standard InChI is InChI=1S/C23H39N/c1-22(2)21-24-20-16-11-9-7-5-3-4-6-8-10-13-17-23-18-14-12-15-19-23/h12,14-15,18-19,21,24H,3-11,13,16-17,20H2,1-2H3. The molecule has 0 unspecified atom stereocenters. The molecular formula is C23H39N. The minimum Gasteiger partial charge on any atom is -0.391 e. The van der Waals surface area contributed by atoms with Gasteiger partial charge in [-0.2, -0.15) is 0 Å². The molecule has 0 bridgehead atoms. The predicted octanol–water partition coefficient (Wildman–Crippen LogP) is 7.03. The molecule has 1 N–H and O–H groups in total. The highest BCUT2D eigenvalue weighted by Gasteiger charge is 1.95. The molecule has 0 atom stereocenters. The first-order valence-corrected chi connectivity index (χ1v) is 10.2. The minimum atomic E-state index is 1.13. The highest BCUT2D eigenvalue weighted by Crippen LogP contribution is 2.12. The second-order valence-electron chi connectivity index (χ2n) is 7.30. The molecule has 0 heterocycles. The van der Waals surface area contributed by atoms with Crippen molar-refractivity contribution in [2.24, 2.45) is 0 Å². The summed E-state index contributed by atoms with van der Waals surface area (Å²) in [5, 5.41) is 3.37. The SMILES string of the molecule is CC(C)=CNCCCCCCCCCCCCCc1ccccc1. The number of unbranched alkanes of at least 4 members (excludes halogenated alkanes) is 10. The molecule has 0 aliphatic rings. The van der Waals surface area contributed by atoms with E-state index in [9.17, 15) is 0 Å². The summed E-state index contributed by atoms with van der Waals surface area (Å²) in [6, 6.07) is 10.9. The van der Waals surface area contributed by atoms with Gasteiger partial charge >= 0.3 is 0 Å². The lowest BCUT2D eigenvalue weighted by molar-refractivity contribution is 0.543. The van der Waals surface area contributed by atoms with Crippen molar-refractivity contribution >= 4 is 0 Å². The summed E-state index contributed by atoms with van der Waals surface area (Å²) in [5.41, 5.74) is 2.85. The van der Waals surface area contributed by atoms with Crippen molar-refractivity contribution in [3.05, 3.63) is 47.7 Å². The van der Waals surface area contributed by atoms with Crippen LogP contribution in [-0.4, -0.2) is 6.54 Å². The molecule has 0 aliphatic heterocycles. The Morgan fingerprint density at radius 2 is 1.21 bits per heavy atom. The quantitative estimate of drug-likeness (QED) is 0.340. The summed E-state index contributed by atoms with van der Waals surface area (Å²) in [4.78, 5) is 0. The first-order valence-electron chi connectivity index (χ1n) is 10.2. The van der Waals surface area contributed by atoms with Crippen LogP contribution in [0.4, 0.5) is 0 Å². The lowest BCUT2D eigenvalue weighted by Gasteiger charge is -2.04. The first kappa shape index (κ1) is 20.8. The molecule has 1 heteroatoms. The van der Waals surface area contributed by atoms with Crippen LogP contribution in [0.1, 0.15) is 90.0 Å². The molecule has 1 nitrogen and oxygen atoms in total. The van der Waals surface area contributed by atoms with Crippen molar-refractivity contribution in [1.29, 1.82) is 0 Å². The smallest absolute Gasteiger partial charge is 0.0141 e. The predicted molar refractivity (Wildman–Crippen MR) is 108 cm³/mol. The Morgan fingerprint density at radius 1 is 0.708 bits per heavy atom. The molecule has 1 aromatic carbocycles. The van der Waals surface area contributed by atoms with E-state index in [-0.39, 0.29) is 0 Å². The van der Waals surface area contributed by atoms with Crippen LogP contribution in [0, 0.1) is 0 Å². The van der Waals surface area contributed by atoms with E-state index in [0.717, 1.165) is 6.54 Å². The van der Waals surface area contributed by atoms with E-state index in [4.69, 9.17) is 0 Å². The van der Waals surface area contributed by atoms with Gasteiger partial charge in [0.2, 0.25) is 0 Å². The van der Waals surface area contributed by atoms with Crippen LogP contribution in [-0.2, 0) is 6.42 Å². The monoisotopic (exact) mass is 329 g/mol. The lowest BCUT2D eigenvalue weighted by atomic mass is 10.0. The van der Waals surface area contributed by atoms with Crippen LogP contribution < -0.4 is 5.32 Å². The number of rotatable bonds is 15. The van der Waals surface area contributed by atoms with Crippen LogP contribution in [0.2, 0.25) is 0 Å². The Labute approximate surface area is 150 Å². The maximum absolute atomic E-state index is 3.37. The fourth-order valence-corrected chi connectivity index (χ4v) is 3.07. The second-order valence-corrected chi connectivity index (χ2v) is 7.30. The minimum absolute atomic E-state index is 1.13. The van der Waals surface area contributed by atoms with E-state index in [1.165, 1.54) is 88.2 Å². The van der Waals surface area contributed by atoms with Crippen molar-refractivity contribution in [3.63, 3.8) is 0 Å². The molecule has 0 fully saturated rings. The van der Waals surface area contributed by atoms with Gasteiger partial charge in [-0.05, 0) is 44.9 Å². The van der Waals surface area contributed by atoms with Gasteiger partial charge in [-0.15, -0.1) is 0 Å². The summed E-state index contributed by atoms with van der Waals surface area (Å²) >= 11 is 0. The Balaban J connectivity index is 1.74. The molecule has 136 valence electrons. The van der Waals surface area contributed by atoms with E-state index in [1.54, 1.807) is 0 Å². The molecular weight excluding hydrogens is 290 g/mol. The summed E-state index contributed by atoms with van der Waals surface area (Å²) < 4.78 is 0. The fourth-order valence-electron chi connectivity index (χ4n) is 3.07. The fraction of sp³-hybridized carbons (Fsp3) is 0.652. The maximum atomic E-state index is 3.37. The van der Waals surface area contributed by atoms with Crippen molar-refractivity contribution in [2.75, 3.05) is 6.54 Å². The molecule has 0 radical (unpaired) electrons. The molecule has 0 aromatic heterocycles. The Hall–Kier alpha value is -1.24. The Bertz CT molecular complexity index is 403. The Morgan fingerprint density at radius 3 is 1.75 bits per heavy atom. The van der Waals surface area contributed by atoms with Gasteiger partial charge < -0.3 is 5.32 Å². The molecule has 1 aromatic rings. The third-order valence-electron chi connectivity index (χ3n) is 4.52. The average molecular weight is 330 g/mol. The van der Waals surface area contributed by atoms with Gasteiger partial charge in [0.1, 0.15) is 0 Å². The number of hydrogen-bond donors (Lipinski definition) is 1. The number of hydrogen-bond acceptors (Lipinski definition) is 1. The molecule has 0 saturated carbocycles. The van der Waals surface area contributed by atoms with E-state index < -0.39 is 0 Å². The van der Waals surface area contributed by atoms with E-state index in [0.29, 0.717) is 0 Å². The van der Waals surface area contributed by atoms with Crippen LogP contribution >= 0.6 is 0 Å². The molecule has 24 heavy (non-hydrogen) atoms. The number of allylic oxidation sites excluding steroid dienone is 1. The summed E-state index contributed by atoms with van der Waals surface area (Å²) in [5.74, 6) is 0. The maximum Gasteiger partial charge on any atom is 0.0141 e. The zero-order valence-electron chi connectivity index (χ0n) is 16.2. The largest absolute Gasteiger partial charge is 0.391 e. The molecule has 1 rings (SSSR count). The van der Waals surface area contributed by atoms with E-state index in [2.05, 4.69) is 55.7 Å². The van der Waals surface area contributed by atoms with Gasteiger partial charge in [-0.25, -0.2) is 0 Å². The van der Waals surface area contributed by atoms with Gasteiger partial charge in [-0.3, -0.25) is 0 Å². The van der Waals surface area contributed by atoms with Gasteiger partial charge in [0, 0.05) is 6.54 Å². The van der Waals surface area contributed by atoms with Crippen molar-refractivity contribution in [1.82, 2.24) is 5.32 Å². The van der Waals surface area contributed by atoms with E-state index in [1.807, 2.05) is 0 Å². The third-order valence-corrected chi connectivity index (χ3v) is 4.52. The van der Waals surface area contributed by atoms with Crippen LogP contribution in [0.5, 0.6) is 0 Å². The molecule has 0 aliphatic carbocycles. The van der Waals surface area contributed by atoms with Gasteiger partial charge in [0.15, 0.2) is 0 Å². The summed E-state index contributed by atoms with van der Waals surface area (Å²) in [7, 11) is 0. The van der Waals surface area contributed by atoms with Crippen molar-refractivity contribution in [2.45, 2.75) is 90.9 Å². The van der Waals surface area contributed by atoms with Crippen LogP contribution in [0.3, 0.4) is 0 Å². The number of aryl methyl sites for hydroxylation is 1. The van der Waals surface area contributed by atoms with Gasteiger partial charge in [-0.1, -0.05) is 93.7 Å². The summed E-state index contributed by atoms with van der Waals surface area (Å²) in [6.07, 6.45) is 18.8. The third kappa shape index (κ3) is 13.2. The normalized spacial score (nSPS) is 10.6. The zero-order valence-corrected chi connectivity index (χ0v) is 16.2. The van der Waals surface area contributed by atoms with Crippen LogP contribution in [0.25, 0.3) is 0 Å².